The molecule has 0 bridgehead atoms. The summed E-state index contributed by atoms with van der Waals surface area (Å²) >= 11 is 0. The number of nitrogens with one attached hydrogen (secondary N) is 2. The number of fused-ring (bicyclic) bond motifs is 1. The fraction of sp³-hybridized carbons (Fsp3) is 0.469. The molecule has 10 nitrogen and oxygen atoms in total. The van der Waals surface area contributed by atoms with Crippen LogP contribution in [0.5, 0.6) is 0 Å². The number of piperidine rings is 1. The van der Waals surface area contributed by atoms with Gasteiger partial charge in [0.1, 0.15) is 23.9 Å². The molecule has 0 spiro atoms. The number of methoxy groups -OCH3 is 1. The van der Waals surface area contributed by atoms with E-state index in [1.807, 2.05) is 63.2 Å². The molecule has 5 rings (SSSR count). The number of carbonyl (C=O) groups excluding carboxylic acids is 3. The molecule has 2 amide bonds. The summed E-state index contributed by atoms with van der Waals surface area (Å²) in [7, 11) is 1.73. The van der Waals surface area contributed by atoms with Crippen LogP contribution in [0.4, 0.5) is 10.5 Å². The zero-order chi connectivity index (χ0) is 29.9. The standard InChI is InChI=1S/C32H40N4O6/c1-32(2,3)42-30(38)26-19-22-18-23(10-11-25(22)34-26)33-29(37)28-27(35-15-12-24(40-4)13-16-35)14-17-36(28)31(39)41-20-21-8-6-5-7-9-21/h5-11,18-19,24,27-28,34H,12-17,20H2,1-4H3,(H,33,37)/t27-,28+/m0/s1. The quantitative estimate of drug-likeness (QED) is 0.383. The Morgan fingerprint density at radius 1 is 0.976 bits per heavy atom. The van der Waals surface area contributed by atoms with Gasteiger partial charge in [0, 0.05) is 49.4 Å². The monoisotopic (exact) mass is 576 g/mol. The second-order valence-electron chi connectivity index (χ2n) is 12.0. The Balaban J connectivity index is 1.33. The minimum absolute atomic E-state index is 0.137. The second-order valence-corrected chi connectivity index (χ2v) is 12.0. The predicted molar refractivity (Wildman–Crippen MR) is 159 cm³/mol. The van der Waals surface area contributed by atoms with Gasteiger partial charge in [-0.05, 0) is 69.9 Å². The highest BCUT2D eigenvalue weighted by Gasteiger charge is 2.46. The van der Waals surface area contributed by atoms with Gasteiger partial charge in [-0.3, -0.25) is 14.6 Å². The van der Waals surface area contributed by atoms with Crippen molar-refractivity contribution in [1.82, 2.24) is 14.8 Å². The van der Waals surface area contributed by atoms with Gasteiger partial charge in [0.25, 0.3) is 0 Å². The third kappa shape index (κ3) is 6.94. The van der Waals surface area contributed by atoms with Crippen LogP contribution in [-0.4, -0.2) is 83.3 Å². The van der Waals surface area contributed by atoms with Crippen molar-refractivity contribution in [1.29, 1.82) is 0 Å². The molecule has 224 valence electrons. The molecule has 1 aromatic heterocycles. The maximum absolute atomic E-state index is 13.9. The summed E-state index contributed by atoms with van der Waals surface area (Å²) in [4.78, 5) is 46.7. The Hall–Kier alpha value is -3.89. The van der Waals surface area contributed by atoms with E-state index in [-0.39, 0.29) is 24.7 Å². The lowest BCUT2D eigenvalue weighted by Gasteiger charge is -2.38. The van der Waals surface area contributed by atoms with Gasteiger partial charge in [0.2, 0.25) is 5.91 Å². The van der Waals surface area contributed by atoms with Crippen LogP contribution in [0.3, 0.4) is 0 Å². The molecule has 0 aliphatic carbocycles. The molecule has 3 aromatic rings. The van der Waals surface area contributed by atoms with Crippen molar-refractivity contribution in [3.63, 3.8) is 0 Å². The Bertz CT molecular complexity index is 1410. The molecule has 2 fully saturated rings. The molecule has 2 N–H and O–H groups in total. The Labute approximate surface area is 246 Å². The first-order valence-electron chi connectivity index (χ1n) is 14.5. The van der Waals surface area contributed by atoms with Gasteiger partial charge in [0.15, 0.2) is 0 Å². The molecule has 2 aliphatic rings. The van der Waals surface area contributed by atoms with Crippen LogP contribution in [0.1, 0.15) is 56.1 Å². The second kappa shape index (κ2) is 12.5. The van der Waals surface area contributed by atoms with Crippen molar-refractivity contribution in [2.75, 3.05) is 32.1 Å². The van der Waals surface area contributed by atoms with Crippen LogP contribution in [-0.2, 0) is 25.6 Å². The first-order valence-corrected chi connectivity index (χ1v) is 14.5. The number of aromatic amines is 1. The number of amides is 2. The number of hydrogen-bond acceptors (Lipinski definition) is 7. The van der Waals surface area contributed by atoms with Crippen molar-refractivity contribution in [2.24, 2.45) is 0 Å². The van der Waals surface area contributed by atoms with Crippen molar-refractivity contribution >= 4 is 34.6 Å². The topological polar surface area (TPSA) is 113 Å². The van der Waals surface area contributed by atoms with Gasteiger partial charge in [0.05, 0.1) is 6.10 Å². The number of esters is 1. The molecule has 2 saturated heterocycles. The zero-order valence-corrected chi connectivity index (χ0v) is 24.7. The minimum atomic E-state index is -0.716. The van der Waals surface area contributed by atoms with Crippen molar-refractivity contribution in [3.05, 3.63) is 65.9 Å². The maximum atomic E-state index is 13.9. The Morgan fingerprint density at radius 2 is 1.71 bits per heavy atom. The summed E-state index contributed by atoms with van der Waals surface area (Å²) in [5.41, 5.74) is 1.93. The lowest BCUT2D eigenvalue weighted by Crippen LogP contribution is -2.55. The summed E-state index contributed by atoms with van der Waals surface area (Å²) < 4.78 is 16.7. The summed E-state index contributed by atoms with van der Waals surface area (Å²) in [6, 6.07) is 15.8. The number of aromatic nitrogens is 1. The molecular formula is C32H40N4O6. The Kier molecular flexibility index (Phi) is 8.84. The highest BCUT2D eigenvalue weighted by molar-refractivity contribution is 6.00. The molecule has 0 radical (unpaired) electrons. The Morgan fingerprint density at radius 3 is 2.40 bits per heavy atom. The van der Waals surface area contributed by atoms with E-state index in [1.165, 1.54) is 0 Å². The van der Waals surface area contributed by atoms with E-state index in [4.69, 9.17) is 14.2 Å². The number of benzene rings is 2. The number of ether oxygens (including phenoxy) is 3. The zero-order valence-electron chi connectivity index (χ0n) is 24.7. The van der Waals surface area contributed by atoms with Crippen LogP contribution < -0.4 is 5.32 Å². The summed E-state index contributed by atoms with van der Waals surface area (Å²) in [6.07, 6.45) is 2.14. The third-order valence-corrected chi connectivity index (χ3v) is 7.86. The average molecular weight is 577 g/mol. The third-order valence-electron chi connectivity index (χ3n) is 7.86. The number of carbonyl (C=O) groups is 3. The highest BCUT2D eigenvalue weighted by atomic mass is 16.6. The number of H-pyrrole nitrogens is 1. The van der Waals surface area contributed by atoms with Gasteiger partial charge < -0.3 is 24.5 Å². The molecular weight excluding hydrogens is 536 g/mol. The smallest absolute Gasteiger partial charge is 0.410 e. The molecule has 2 aliphatic heterocycles. The fourth-order valence-corrected chi connectivity index (χ4v) is 5.79. The van der Waals surface area contributed by atoms with Crippen molar-refractivity contribution in [3.8, 4) is 0 Å². The lowest BCUT2D eigenvalue weighted by atomic mass is 10.0. The largest absolute Gasteiger partial charge is 0.455 e. The van der Waals surface area contributed by atoms with E-state index in [1.54, 1.807) is 24.1 Å². The molecule has 2 aromatic carbocycles. The molecule has 3 heterocycles. The molecule has 2 atom stereocenters. The van der Waals surface area contributed by atoms with Gasteiger partial charge in [-0.25, -0.2) is 9.59 Å². The molecule has 10 heteroatoms. The maximum Gasteiger partial charge on any atom is 0.410 e. The number of anilines is 1. The van der Waals surface area contributed by atoms with Crippen LogP contribution >= 0.6 is 0 Å². The first-order chi connectivity index (χ1) is 20.1. The van der Waals surface area contributed by atoms with Crippen molar-refractivity contribution in [2.45, 2.75) is 70.4 Å². The van der Waals surface area contributed by atoms with Crippen LogP contribution in [0.2, 0.25) is 0 Å². The van der Waals surface area contributed by atoms with Gasteiger partial charge in [-0.1, -0.05) is 30.3 Å². The predicted octanol–water partition coefficient (Wildman–Crippen LogP) is 4.95. The SMILES string of the molecule is COC1CCN([C@H]2CCN(C(=O)OCc3ccccc3)[C@H]2C(=O)Nc2ccc3[nH]c(C(=O)OC(C)(C)C)cc3c2)CC1. The number of rotatable bonds is 7. The number of hydrogen-bond donors (Lipinski definition) is 2. The lowest BCUT2D eigenvalue weighted by molar-refractivity contribution is -0.122. The van der Waals surface area contributed by atoms with Gasteiger partial charge >= 0.3 is 12.1 Å². The fourth-order valence-electron chi connectivity index (χ4n) is 5.79. The highest BCUT2D eigenvalue weighted by Crippen LogP contribution is 2.29. The molecule has 0 saturated carbocycles. The first kappa shape index (κ1) is 29.6. The number of likely N-dealkylation sites (tertiary alicyclic amines) is 2. The van der Waals surface area contributed by atoms with Gasteiger partial charge in [-0.15, -0.1) is 0 Å². The molecule has 42 heavy (non-hydrogen) atoms. The molecule has 0 unspecified atom stereocenters. The summed E-state index contributed by atoms with van der Waals surface area (Å²) in [5.74, 6) is -0.717. The van der Waals surface area contributed by atoms with E-state index in [9.17, 15) is 14.4 Å². The van der Waals surface area contributed by atoms with E-state index >= 15 is 0 Å². The van der Waals surface area contributed by atoms with Crippen LogP contribution in [0.25, 0.3) is 10.9 Å². The minimum Gasteiger partial charge on any atom is -0.455 e. The number of nitrogens with zero attached hydrogens (tertiary/aromatic N) is 2. The van der Waals surface area contributed by atoms with Crippen LogP contribution in [0.15, 0.2) is 54.6 Å². The van der Waals surface area contributed by atoms with E-state index in [0.717, 1.165) is 42.4 Å². The van der Waals surface area contributed by atoms with E-state index < -0.39 is 23.7 Å². The van der Waals surface area contributed by atoms with E-state index in [2.05, 4.69) is 15.2 Å². The van der Waals surface area contributed by atoms with Gasteiger partial charge in [-0.2, -0.15) is 0 Å². The average Bonchev–Trinajstić information content (AvgIpc) is 3.61. The van der Waals surface area contributed by atoms with Crippen LogP contribution in [0, 0.1) is 0 Å². The normalized spacial score (nSPS) is 20.0. The van der Waals surface area contributed by atoms with E-state index in [0.29, 0.717) is 24.3 Å². The summed E-state index contributed by atoms with van der Waals surface area (Å²) in [5, 5.41) is 3.79. The van der Waals surface area contributed by atoms with Crippen molar-refractivity contribution < 1.29 is 28.6 Å². The summed E-state index contributed by atoms with van der Waals surface area (Å²) in [6.45, 7) is 7.61.